The minimum Gasteiger partial charge on any atom is -0.495 e. The van der Waals surface area contributed by atoms with Gasteiger partial charge in [-0.25, -0.2) is 4.98 Å². The number of H-pyrrole nitrogens is 1. The molecule has 3 aromatic heterocycles. The number of rotatable bonds is 10. The Bertz CT molecular complexity index is 1740. The number of aryl methyl sites for hydroxylation is 1. The zero-order chi connectivity index (χ0) is 29.2. The Morgan fingerprint density at radius 2 is 2.00 bits per heavy atom. The normalized spacial score (nSPS) is 13.6. The molecule has 0 aliphatic heterocycles. The summed E-state index contributed by atoms with van der Waals surface area (Å²) in [6, 6.07) is 11.1. The Morgan fingerprint density at radius 3 is 2.79 bits per heavy atom. The maximum absolute atomic E-state index is 12.9. The van der Waals surface area contributed by atoms with E-state index in [2.05, 4.69) is 15.3 Å². The van der Waals surface area contributed by atoms with Crippen molar-refractivity contribution in [3.8, 4) is 22.8 Å². The second-order valence-corrected chi connectivity index (χ2v) is 10.6. The van der Waals surface area contributed by atoms with E-state index in [9.17, 15) is 4.79 Å². The SMILES string of the molecule is COc1cc(C(=O)N(C)CCCO)ccc1Nc1nc(OC2CCCC2)c2c(-c3ccc4nc(C)oc4c3)c[nH]c2n1. The summed E-state index contributed by atoms with van der Waals surface area (Å²) in [5.74, 6) is 1.77. The van der Waals surface area contributed by atoms with Gasteiger partial charge in [0.25, 0.3) is 5.91 Å². The van der Waals surface area contributed by atoms with Gasteiger partial charge in [-0.1, -0.05) is 6.07 Å². The molecule has 0 saturated heterocycles. The molecule has 1 fully saturated rings. The van der Waals surface area contributed by atoms with Crippen LogP contribution in [0.5, 0.6) is 11.6 Å². The van der Waals surface area contributed by atoms with Gasteiger partial charge in [0, 0.05) is 44.4 Å². The molecule has 0 atom stereocenters. The van der Waals surface area contributed by atoms with E-state index in [1.54, 1.807) is 37.3 Å². The third kappa shape index (κ3) is 5.47. The van der Waals surface area contributed by atoms with Crippen LogP contribution in [0.15, 0.2) is 47.0 Å². The van der Waals surface area contributed by atoms with Gasteiger partial charge in [0.15, 0.2) is 11.5 Å². The van der Waals surface area contributed by atoms with Crippen molar-refractivity contribution >= 4 is 39.7 Å². The fraction of sp³-hybridized carbons (Fsp3) is 0.355. The number of carbonyl (C=O) groups is 1. The number of methoxy groups -OCH3 is 1. The molecule has 0 radical (unpaired) electrons. The zero-order valence-electron chi connectivity index (χ0n) is 23.9. The van der Waals surface area contributed by atoms with Gasteiger partial charge >= 0.3 is 0 Å². The summed E-state index contributed by atoms with van der Waals surface area (Å²) >= 11 is 0. The molecule has 0 spiro atoms. The number of hydrogen-bond acceptors (Lipinski definition) is 9. The summed E-state index contributed by atoms with van der Waals surface area (Å²) in [7, 11) is 3.26. The van der Waals surface area contributed by atoms with Gasteiger partial charge in [-0.05, 0) is 68.0 Å². The van der Waals surface area contributed by atoms with E-state index in [4.69, 9.17) is 29.0 Å². The second kappa shape index (κ2) is 11.7. The lowest BCUT2D eigenvalue weighted by molar-refractivity contribution is 0.0786. The smallest absolute Gasteiger partial charge is 0.253 e. The number of aliphatic hydroxyl groups is 1. The summed E-state index contributed by atoms with van der Waals surface area (Å²) in [5, 5.41) is 13.1. The van der Waals surface area contributed by atoms with Crippen molar-refractivity contribution < 1.29 is 23.8 Å². The van der Waals surface area contributed by atoms with Crippen molar-refractivity contribution in [3.05, 3.63) is 54.0 Å². The van der Waals surface area contributed by atoms with Gasteiger partial charge in [-0.15, -0.1) is 0 Å². The molecule has 2 aromatic carbocycles. The van der Waals surface area contributed by atoms with Gasteiger partial charge in [0.05, 0.1) is 18.2 Å². The number of carbonyl (C=O) groups excluding carboxylic acids is 1. The number of hydrogen-bond donors (Lipinski definition) is 3. The van der Waals surface area contributed by atoms with Crippen LogP contribution in [0.25, 0.3) is 33.3 Å². The van der Waals surface area contributed by atoms with Gasteiger partial charge in [0.1, 0.15) is 23.0 Å². The minimum absolute atomic E-state index is 0.0271. The van der Waals surface area contributed by atoms with E-state index < -0.39 is 0 Å². The molecule has 11 heteroatoms. The minimum atomic E-state index is -0.157. The van der Waals surface area contributed by atoms with Crippen LogP contribution in [0.4, 0.5) is 11.6 Å². The van der Waals surface area contributed by atoms with Crippen LogP contribution in [-0.4, -0.2) is 69.3 Å². The summed E-state index contributed by atoms with van der Waals surface area (Å²) < 4.78 is 17.9. The largest absolute Gasteiger partial charge is 0.495 e. The number of aromatic nitrogens is 4. The highest BCUT2D eigenvalue weighted by molar-refractivity contribution is 5.99. The average Bonchev–Trinajstić information content (AvgIpc) is 3.75. The number of ether oxygens (including phenoxy) is 2. The lowest BCUT2D eigenvalue weighted by atomic mass is 10.1. The molecule has 42 heavy (non-hydrogen) atoms. The number of aromatic amines is 1. The molecule has 218 valence electrons. The van der Waals surface area contributed by atoms with Crippen LogP contribution in [-0.2, 0) is 0 Å². The maximum atomic E-state index is 12.9. The molecule has 5 aromatic rings. The fourth-order valence-corrected chi connectivity index (χ4v) is 5.42. The maximum Gasteiger partial charge on any atom is 0.253 e. The number of anilines is 2. The van der Waals surface area contributed by atoms with Crippen molar-refractivity contribution in [2.45, 2.75) is 45.1 Å². The molecule has 1 aliphatic carbocycles. The molecule has 3 N–H and O–H groups in total. The van der Waals surface area contributed by atoms with E-state index in [0.29, 0.717) is 58.9 Å². The number of amides is 1. The summed E-state index contributed by atoms with van der Waals surface area (Å²) in [6.07, 6.45) is 6.72. The molecule has 1 aliphatic rings. The highest BCUT2D eigenvalue weighted by atomic mass is 16.5. The van der Waals surface area contributed by atoms with Crippen molar-refractivity contribution in [1.29, 1.82) is 0 Å². The predicted octanol–water partition coefficient (Wildman–Crippen LogP) is 5.60. The third-order valence-corrected chi connectivity index (χ3v) is 7.58. The topological polar surface area (TPSA) is 139 Å². The molecular formula is C31H34N6O5. The van der Waals surface area contributed by atoms with Crippen molar-refractivity contribution in [3.63, 3.8) is 0 Å². The molecular weight excluding hydrogens is 536 g/mol. The Kier molecular flexibility index (Phi) is 7.66. The lowest BCUT2D eigenvalue weighted by Crippen LogP contribution is -2.28. The Labute approximate surface area is 242 Å². The van der Waals surface area contributed by atoms with E-state index in [0.717, 1.165) is 47.7 Å². The number of fused-ring (bicyclic) bond motifs is 2. The van der Waals surface area contributed by atoms with Gasteiger partial charge < -0.3 is 34.2 Å². The van der Waals surface area contributed by atoms with E-state index in [1.807, 2.05) is 31.3 Å². The fourth-order valence-electron chi connectivity index (χ4n) is 5.42. The molecule has 1 saturated carbocycles. The molecule has 3 heterocycles. The first kappa shape index (κ1) is 27.5. The predicted molar refractivity (Wildman–Crippen MR) is 159 cm³/mol. The second-order valence-electron chi connectivity index (χ2n) is 10.6. The first-order valence-electron chi connectivity index (χ1n) is 14.2. The summed E-state index contributed by atoms with van der Waals surface area (Å²) in [4.78, 5) is 31.7. The van der Waals surface area contributed by atoms with Crippen molar-refractivity contribution in [2.24, 2.45) is 0 Å². The number of oxazole rings is 1. The van der Waals surface area contributed by atoms with E-state index in [1.165, 1.54) is 0 Å². The first-order valence-corrected chi connectivity index (χ1v) is 14.2. The standard InChI is InChI=1S/C31H34N6O5/c1-18-33-24-11-9-19(15-26(24)41-18)22-17-32-28-27(22)29(42-21-7-4-5-8-21)36-31(35-28)34-23-12-10-20(16-25(23)40-3)30(39)37(2)13-6-14-38/h9-12,15-17,21,38H,4-8,13-14H2,1-3H3,(H2,32,34,35,36). The zero-order valence-corrected chi connectivity index (χ0v) is 23.9. The molecule has 0 bridgehead atoms. The third-order valence-electron chi connectivity index (χ3n) is 7.58. The van der Waals surface area contributed by atoms with Gasteiger partial charge in [0.2, 0.25) is 11.8 Å². The Hall–Kier alpha value is -4.64. The molecule has 11 nitrogen and oxygen atoms in total. The number of benzene rings is 2. The Balaban J connectivity index is 1.35. The molecule has 6 rings (SSSR count). The summed E-state index contributed by atoms with van der Waals surface area (Å²) in [5.41, 5.74) is 5.08. The highest BCUT2D eigenvalue weighted by Crippen LogP contribution is 2.38. The number of nitrogens with zero attached hydrogens (tertiary/aromatic N) is 4. The quantitative estimate of drug-likeness (QED) is 0.196. The van der Waals surface area contributed by atoms with E-state index >= 15 is 0 Å². The Morgan fingerprint density at radius 1 is 1.17 bits per heavy atom. The van der Waals surface area contributed by atoms with Crippen molar-refractivity contribution in [1.82, 2.24) is 24.8 Å². The lowest BCUT2D eigenvalue weighted by Gasteiger charge is -2.18. The van der Waals surface area contributed by atoms with E-state index in [-0.39, 0.29) is 18.6 Å². The van der Waals surface area contributed by atoms with Gasteiger partial charge in [-0.2, -0.15) is 9.97 Å². The van der Waals surface area contributed by atoms with Crippen LogP contribution >= 0.6 is 0 Å². The molecule has 1 amide bonds. The monoisotopic (exact) mass is 570 g/mol. The van der Waals surface area contributed by atoms with Gasteiger partial charge in [-0.3, -0.25) is 4.79 Å². The number of aliphatic hydroxyl groups excluding tert-OH is 1. The van der Waals surface area contributed by atoms with Crippen LogP contribution in [0.2, 0.25) is 0 Å². The van der Waals surface area contributed by atoms with Crippen LogP contribution in [0.1, 0.15) is 48.4 Å². The highest BCUT2D eigenvalue weighted by Gasteiger charge is 2.23. The average molecular weight is 571 g/mol. The van der Waals surface area contributed by atoms with Crippen LogP contribution < -0.4 is 14.8 Å². The van der Waals surface area contributed by atoms with Crippen LogP contribution in [0, 0.1) is 6.92 Å². The first-order chi connectivity index (χ1) is 20.4. The van der Waals surface area contributed by atoms with Crippen molar-refractivity contribution in [2.75, 3.05) is 32.6 Å². The van der Waals surface area contributed by atoms with Crippen LogP contribution in [0.3, 0.4) is 0 Å². The summed E-state index contributed by atoms with van der Waals surface area (Å²) in [6.45, 7) is 2.32. The number of nitrogens with one attached hydrogen (secondary N) is 2. The molecule has 0 unspecified atom stereocenters.